The van der Waals surface area contributed by atoms with E-state index >= 15 is 0 Å². The Morgan fingerprint density at radius 3 is 2.48 bits per heavy atom. The molecule has 4 N–H and O–H groups in total. The van der Waals surface area contributed by atoms with Gasteiger partial charge in [-0.05, 0) is 18.9 Å². The summed E-state index contributed by atoms with van der Waals surface area (Å²) in [6.45, 7) is 0. The molecule has 1 aliphatic carbocycles. The smallest absolute Gasteiger partial charge is 0.328 e. The molecule has 0 radical (unpaired) electrons. The Labute approximate surface area is 164 Å². The van der Waals surface area contributed by atoms with Crippen LogP contribution in [0.2, 0.25) is 0 Å². The van der Waals surface area contributed by atoms with Crippen LogP contribution in [-0.2, 0) is 27.2 Å². The molecule has 11 nitrogen and oxygen atoms in total. The summed E-state index contributed by atoms with van der Waals surface area (Å²) in [6.07, 6.45) is 4.78. The number of aromatic nitrogens is 2. The van der Waals surface area contributed by atoms with Crippen molar-refractivity contribution in [1.82, 2.24) is 9.97 Å². The van der Waals surface area contributed by atoms with Crippen LogP contribution in [0.5, 0.6) is 0 Å². The van der Waals surface area contributed by atoms with Crippen LogP contribution in [0.15, 0.2) is 42.7 Å². The van der Waals surface area contributed by atoms with E-state index in [-0.39, 0.29) is 23.2 Å². The number of carbonyl (C=O) groups is 3. The molecule has 152 valence electrons. The number of imidazole rings is 1. The molecule has 0 aliphatic heterocycles. The van der Waals surface area contributed by atoms with Gasteiger partial charge in [-0.3, -0.25) is 14.9 Å². The quantitative estimate of drug-likeness (QED) is 0.332. The number of aromatic amines is 1. The Bertz CT molecular complexity index is 935. The second-order valence-electron chi connectivity index (χ2n) is 6.04. The van der Waals surface area contributed by atoms with Crippen molar-refractivity contribution in [2.45, 2.75) is 19.3 Å². The minimum Gasteiger partial charge on any atom is -0.478 e. The van der Waals surface area contributed by atoms with E-state index in [2.05, 4.69) is 15.3 Å². The fraction of sp³-hybridized carbons (Fsp3) is 0.222. The molecule has 0 fully saturated rings. The number of hydrogen-bond donors (Lipinski definition) is 4. The second-order valence-corrected chi connectivity index (χ2v) is 6.04. The number of aliphatic carboxylic acids is 2. The number of nitrogens with one attached hydrogen (secondary N) is 2. The summed E-state index contributed by atoms with van der Waals surface area (Å²) in [7, 11) is 0. The maximum atomic E-state index is 12.3. The molecular weight excluding hydrogens is 384 g/mol. The number of carbonyl (C=O) groups excluding carboxylic acids is 1. The highest BCUT2D eigenvalue weighted by Crippen LogP contribution is 2.27. The van der Waals surface area contributed by atoms with Crippen LogP contribution in [-0.4, -0.2) is 43.0 Å². The molecule has 1 aliphatic rings. The summed E-state index contributed by atoms with van der Waals surface area (Å²) in [5.41, 5.74) is 2.13. The van der Waals surface area contributed by atoms with Gasteiger partial charge in [-0.1, -0.05) is 12.1 Å². The van der Waals surface area contributed by atoms with Gasteiger partial charge in [0.05, 0.1) is 16.9 Å². The van der Waals surface area contributed by atoms with Crippen LogP contribution >= 0.6 is 0 Å². The van der Waals surface area contributed by atoms with E-state index in [4.69, 9.17) is 10.2 Å². The Morgan fingerprint density at radius 1 is 1.21 bits per heavy atom. The molecule has 1 unspecified atom stereocenters. The normalized spacial score (nSPS) is 15.0. The first-order valence-electron chi connectivity index (χ1n) is 8.47. The van der Waals surface area contributed by atoms with Gasteiger partial charge < -0.3 is 20.5 Å². The number of para-hydroxylation sites is 2. The van der Waals surface area contributed by atoms with Gasteiger partial charge >= 0.3 is 11.9 Å². The predicted molar refractivity (Wildman–Crippen MR) is 100 cm³/mol. The first kappa shape index (κ1) is 21.3. The lowest BCUT2D eigenvalue weighted by atomic mass is 9.89. The number of benzene rings is 1. The molecule has 1 aromatic carbocycles. The number of carboxylic acids is 2. The lowest BCUT2D eigenvalue weighted by Gasteiger charge is -2.20. The van der Waals surface area contributed by atoms with Crippen molar-refractivity contribution in [3.8, 4) is 0 Å². The maximum absolute atomic E-state index is 12.3. The lowest BCUT2D eigenvalue weighted by molar-refractivity contribution is -0.383. The van der Waals surface area contributed by atoms with Gasteiger partial charge in [0.15, 0.2) is 0 Å². The molecule has 0 saturated heterocycles. The monoisotopic (exact) mass is 402 g/mol. The van der Waals surface area contributed by atoms with E-state index in [1.807, 2.05) is 0 Å². The third kappa shape index (κ3) is 6.27. The first-order valence-corrected chi connectivity index (χ1v) is 8.47. The number of carboxylic acid groups (broad SMARTS) is 2. The zero-order chi connectivity index (χ0) is 21.4. The highest BCUT2D eigenvalue weighted by molar-refractivity contribution is 5.95. The van der Waals surface area contributed by atoms with E-state index in [9.17, 15) is 24.5 Å². The number of fused-ring (bicyclic) bond motifs is 1. The van der Waals surface area contributed by atoms with Crippen molar-refractivity contribution >= 4 is 29.2 Å². The fourth-order valence-electron chi connectivity index (χ4n) is 2.74. The number of anilines is 1. The summed E-state index contributed by atoms with van der Waals surface area (Å²) >= 11 is 0. The van der Waals surface area contributed by atoms with E-state index in [1.165, 1.54) is 6.07 Å². The number of hydrogen-bond acceptors (Lipinski definition) is 6. The fourth-order valence-corrected chi connectivity index (χ4v) is 2.74. The number of aryl methyl sites for hydroxylation is 1. The van der Waals surface area contributed by atoms with E-state index in [0.29, 0.717) is 25.0 Å². The van der Waals surface area contributed by atoms with Gasteiger partial charge in [-0.15, -0.1) is 0 Å². The van der Waals surface area contributed by atoms with Gasteiger partial charge in [0.1, 0.15) is 5.69 Å². The third-order valence-corrected chi connectivity index (χ3v) is 4.09. The number of amides is 1. The van der Waals surface area contributed by atoms with Crippen LogP contribution < -0.4 is 5.32 Å². The van der Waals surface area contributed by atoms with E-state index < -0.39 is 16.9 Å². The molecule has 0 spiro atoms. The van der Waals surface area contributed by atoms with Gasteiger partial charge in [-0.2, -0.15) is 0 Å². The maximum Gasteiger partial charge on any atom is 0.328 e. The molecule has 29 heavy (non-hydrogen) atoms. The molecule has 11 heteroatoms. The summed E-state index contributed by atoms with van der Waals surface area (Å²) in [4.78, 5) is 49.1. The lowest BCUT2D eigenvalue weighted by Crippen LogP contribution is -2.28. The van der Waals surface area contributed by atoms with Gasteiger partial charge in [0.2, 0.25) is 5.91 Å². The zero-order valence-corrected chi connectivity index (χ0v) is 15.1. The van der Waals surface area contributed by atoms with Crippen molar-refractivity contribution in [2.24, 2.45) is 5.92 Å². The number of rotatable bonds is 5. The van der Waals surface area contributed by atoms with Crippen molar-refractivity contribution in [2.75, 3.05) is 5.32 Å². The highest BCUT2D eigenvalue weighted by Gasteiger charge is 2.27. The highest BCUT2D eigenvalue weighted by atomic mass is 16.6. The Hall–Kier alpha value is -4.02. The van der Waals surface area contributed by atoms with Gasteiger partial charge in [0.25, 0.3) is 5.69 Å². The molecule has 0 bridgehead atoms. The minimum atomic E-state index is -1.26. The number of nitro groups is 1. The Morgan fingerprint density at radius 2 is 1.86 bits per heavy atom. The minimum absolute atomic E-state index is 0.0936. The van der Waals surface area contributed by atoms with Crippen molar-refractivity contribution in [3.05, 3.63) is 64.2 Å². The largest absolute Gasteiger partial charge is 0.478 e. The summed E-state index contributed by atoms with van der Waals surface area (Å²) in [6, 6.07) is 6.16. The number of nitrogens with zero attached hydrogens (tertiary/aromatic N) is 2. The van der Waals surface area contributed by atoms with Gasteiger partial charge in [-0.25, -0.2) is 14.6 Å². The van der Waals surface area contributed by atoms with Crippen molar-refractivity contribution < 1.29 is 29.5 Å². The molecular formula is C18H18N4O7. The topological polar surface area (TPSA) is 176 Å². The molecule has 1 atom stereocenters. The predicted octanol–water partition coefficient (Wildman–Crippen LogP) is 1.77. The summed E-state index contributed by atoms with van der Waals surface area (Å²) < 4.78 is 0. The summed E-state index contributed by atoms with van der Waals surface area (Å²) in [5, 5.41) is 29.2. The molecule has 2 aromatic rings. The summed E-state index contributed by atoms with van der Waals surface area (Å²) in [5.74, 6) is -2.90. The SMILES string of the molecule is O=C(Nc1ccccc1[N+](=O)[O-])C1CCc2nc[nH]c2C1.O=C(O)/C=C/C(=O)O. The van der Waals surface area contributed by atoms with Crippen LogP contribution in [0.1, 0.15) is 17.8 Å². The number of nitro benzene ring substituents is 1. The zero-order valence-electron chi connectivity index (χ0n) is 15.1. The van der Waals surface area contributed by atoms with E-state index in [0.717, 1.165) is 17.8 Å². The first-order chi connectivity index (χ1) is 13.8. The van der Waals surface area contributed by atoms with Crippen molar-refractivity contribution in [1.29, 1.82) is 0 Å². The average Bonchev–Trinajstić information content (AvgIpc) is 3.15. The molecule has 1 aromatic heterocycles. The van der Waals surface area contributed by atoms with Crippen LogP contribution in [0.3, 0.4) is 0 Å². The standard InChI is InChI=1S/C14H14N4O3.C4H4O4/c19-14(9-5-6-10-12(7-9)16-8-15-10)17-11-3-1-2-4-13(11)18(20)21;5-3(6)1-2-4(7)8/h1-4,8-9H,5-7H2,(H,15,16)(H,17,19);1-2H,(H,5,6)(H,7,8)/b;2-1+. The van der Waals surface area contributed by atoms with Crippen LogP contribution in [0.25, 0.3) is 0 Å². The van der Waals surface area contributed by atoms with Crippen LogP contribution in [0.4, 0.5) is 11.4 Å². The Kier molecular flexibility index (Phi) is 7.18. The van der Waals surface area contributed by atoms with Crippen molar-refractivity contribution in [3.63, 3.8) is 0 Å². The van der Waals surface area contributed by atoms with E-state index in [1.54, 1.807) is 24.5 Å². The molecule has 1 heterocycles. The second kappa shape index (κ2) is 9.78. The Balaban J connectivity index is 0.000000321. The third-order valence-electron chi connectivity index (χ3n) is 4.09. The number of H-pyrrole nitrogens is 1. The van der Waals surface area contributed by atoms with Gasteiger partial charge in [0, 0.05) is 36.3 Å². The van der Waals surface area contributed by atoms with Crippen LogP contribution in [0, 0.1) is 16.0 Å². The molecule has 1 amide bonds. The molecule has 3 rings (SSSR count). The molecule has 0 saturated carbocycles. The average molecular weight is 402 g/mol.